The maximum atomic E-state index is 12.6. The van der Waals surface area contributed by atoms with E-state index in [1.807, 2.05) is 0 Å². The van der Waals surface area contributed by atoms with Crippen LogP contribution in [-0.2, 0) is 4.79 Å². The van der Waals surface area contributed by atoms with E-state index >= 15 is 0 Å². The van der Waals surface area contributed by atoms with Gasteiger partial charge in [0.05, 0.1) is 0 Å². The van der Waals surface area contributed by atoms with E-state index in [-0.39, 0.29) is 5.82 Å². The molecule has 0 unspecified atom stereocenters. The summed E-state index contributed by atoms with van der Waals surface area (Å²) in [5.74, 6) is -0.612. The number of benzene rings is 1. The maximum Gasteiger partial charge on any atom is 0.321 e. The smallest absolute Gasteiger partial charge is 0.321 e. The van der Waals surface area contributed by atoms with Crippen LogP contribution < -0.4 is 15.4 Å². The Morgan fingerprint density at radius 1 is 1.29 bits per heavy atom. The van der Waals surface area contributed by atoms with E-state index in [9.17, 15) is 14.0 Å². The molecule has 0 aliphatic rings. The number of amides is 3. The number of rotatable bonds is 3. The molecule has 1 aromatic carbocycles. The lowest BCUT2D eigenvalue weighted by atomic mass is 10.3. The van der Waals surface area contributed by atoms with Gasteiger partial charge in [0.15, 0.2) is 6.10 Å². The molecular formula is C11H13FN2O3. The van der Waals surface area contributed by atoms with Crippen LogP contribution in [0.2, 0.25) is 0 Å². The number of urea groups is 1. The zero-order valence-electron chi connectivity index (χ0n) is 9.49. The molecule has 0 bridgehead atoms. The zero-order valence-corrected chi connectivity index (χ0v) is 9.49. The molecule has 92 valence electrons. The fourth-order valence-corrected chi connectivity index (χ4v) is 1.05. The Kier molecular flexibility index (Phi) is 4.45. The van der Waals surface area contributed by atoms with Crippen LogP contribution in [0.15, 0.2) is 24.3 Å². The Morgan fingerprint density at radius 2 is 1.88 bits per heavy atom. The monoisotopic (exact) mass is 240 g/mol. The van der Waals surface area contributed by atoms with Crippen LogP contribution in [0.1, 0.15) is 6.92 Å². The molecule has 1 aromatic rings. The first-order chi connectivity index (χ1) is 8.02. The van der Waals surface area contributed by atoms with Crippen LogP contribution in [0.25, 0.3) is 0 Å². The SMILES string of the molecule is CNC(=O)NC(=O)[C@H](C)Oc1ccc(F)cc1. The van der Waals surface area contributed by atoms with Crippen molar-refractivity contribution in [2.24, 2.45) is 0 Å². The van der Waals surface area contributed by atoms with Gasteiger partial charge in [-0.1, -0.05) is 0 Å². The minimum absolute atomic E-state index is 0.353. The van der Waals surface area contributed by atoms with Gasteiger partial charge in [-0.05, 0) is 31.2 Å². The summed E-state index contributed by atoms with van der Waals surface area (Å²) in [4.78, 5) is 22.3. The maximum absolute atomic E-state index is 12.6. The lowest BCUT2D eigenvalue weighted by Gasteiger charge is -2.13. The van der Waals surface area contributed by atoms with Crippen LogP contribution in [-0.4, -0.2) is 25.1 Å². The molecule has 0 aliphatic heterocycles. The van der Waals surface area contributed by atoms with Crippen molar-refractivity contribution in [3.63, 3.8) is 0 Å². The molecule has 1 atom stereocenters. The number of carbonyl (C=O) groups is 2. The predicted molar refractivity (Wildman–Crippen MR) is 59.1 cm³/mol. The molecule has 6 heteroatoms. The van der Waals surface area contributed by atoms with Gasteiger partial charge in [-0.2, -0.15) is 0 Å². The summed E-state index contributed by atoms with van der Waals surface area (Å²) in [5.41, 5.74) is 0. The molecule has 0 fully saturated rings. The third-order valence-electron chi connectivity index (χ3n) is 1.96. The van der Waals surface area contributed by atoms with Crippen LogP contribution in [0.3, 0.4) is 0 Å². The van der Waals surface area contributed by atoms with Gasteiger partial charge < -0.3 is 10.1 Å². The molecule has 3 amide bonds. The van der Waals surface area contributed by atoms with Gasteiger partial charge in [0, 0.05) is 7.05 Å². The van der Waals surface area contributed by atoms with Crippen LogP contribution in [0, 0.1) is 5.82 Å². The minimum atomic E-state index is -0.849. The number of halogens is 1. The van der Waals surface area contributed by atoms with Crippen molar-refractivity contribution in [3.8, 4) is 5.75 Å². The summed E-state index contributed by atoms with van der Waals surface area (Å²) in [5, 5.41) is 4.32. The number of hydrogen-bond acceptors (Lipinski definition) is 3. The number of carbonyl (C=O) groups excluding carboxylic acids is 2. The summed E-state index contributed by atoms with van der Waals surface area (Å²) in [6.07, 6.45) is -0.849. The van der Waals surface area contributed by atoms with Crippen molar-refractivity contribution < 1.29 is 18.7 Å². The van der Waals surface area contributed by atoms with Crippen molar-refractivity contribution in [1.29, 1.82) is 0 Å². The Labute approximate surface area is 98.0 Å². The molecule has 0 aromatic heterocycles. The highest BCUT2D eigenvalue weighted by atomic mass is 19.1. The standard InChI is InChI=1S/C11H13FN2O3/c1-7(10(15)14-11(16)13-2)17-9-5-3-8(12)4-6-9/h3-7H,1-2H3,(H2,13,14,15,16)/t7-/m0/s1. The first kappa shape index (κ1) is 13.0. The summed E-state index contributed by atoms with van der Waals surface area (Å²) < 4.78 is 17.8. The van der Waals surface area contributed by atoms with Crippen molar-refractivity contribution in [3.05, 3.63) is 30.1 Å². The summed E-state index contributed by atoms with van der Waals surface area (Å²) >= 11 is 0. The van der Waals surface area contributed by atoms with Gasteiger partial charge in [0.25, 0.3) is 5.91 Å². The normalized spacial score (nSPS) is 11.5. The van der Waals surface area contributed by atoms with E-state index in [1.165, 1.54) is 38.2 Å². The quantitative estimate of drug-likeness (QED) is 0.829. The van der Waals surface area contributed by atoms with E-state index in [4.69, 9.17) is 4.74 Å². The molecule has 0 aliphatic carbocycles. The average molecular weight is 240 g/mol. The number of nitrogens with one attached hydrogen (secondary N) is 2. The van der Waals surface area contributed by atoms with Crippen molar-refractivity contribution in [1.82, 2.24) is 10.6 Å². The van der Waals surface area contributed by atoms with Gasteiger partial charge in [-0.15, -0.1) is 0 Å². The zero-order chi connectivity index (χ0) is 12.8. The van der Waals surface area contributed by atoms with Gasteiger partial charge in [-0.3, -0.25) is 10.1 Å². The molecule has 17 heavy (non-hydrogen) atoms. The molecule has 2 N–H and O–H groups in total. The van der Waals surface area contributed by atoms with Crippen molar-refractivity contribution in [2.75, 3.05) is 7.05 Å². The van der Waals surface area contributed by atoms with E-state index < -0.39 is 18.0 Å². The third-order valence-corrected chi connectivity index (χ3v) is 1.96. The fourth-order valence-electron chi connectivity index (χ4n) is 1.05. The van der Waals surface area contributed by atoms with Crippen LogP contribution >= 0.6 is 0 Å². The summed E-state index contributed by atoms with van der Waals surface area (Å²) in [6.45, 7) is 1.49. The largest absolute Gasteiger partial charge is 0.481 e. The molecule has 5 nitrogen and oxygen atoms in total. The first-order valence-electron chi connectivity index (χ1n) is 4.97. The first-order valence-corrected chi connectivity index (χ1v) is 4.97. The van der Waals surface area contributed by atoms with Crippen LogP contribution in [0.4, 0.5) is 9.18 Å². The lowest BCUT2D eigenvalue weighted by Crippen LogP contribution is -2.43. The topological polar surface area (TPSA) is 67.4 Å². The number of hydrogen-bond donors (Lipinski definition) is 2. The summed E-state index contributed by atoms with van der Waals surface area (Å²) in [7, 11) is 1.40. The van der Waals surface area contributed by atoms with E-state index in [0.29, 0.717) is 5.75 Å². The van der Waals surface area contributed by atoms with Gasteiger partial charge in [-0.25, -0.2) is 9.18 Å². The van der Waals surface area contributed by atoms with Crippen molar-refractivity contribution in [2.45, 2.75) is 13.0 Å². The third kappa shape index (κ3) is 4.10. The second-order valence-electron chi connectivity index (χ2n) is 3.28. The number of ether oxygens (including phenoxy) is 1. The Balaban J connectivity index is 2.54. The Hall–Kier alpha value is -2.11. The van der Waals surface area contributed by atoms with Gasteiger partial charge >= 0.3 is 6.03 Å². The average Bonchev–Trinajstić information content (AvgIpc) is 2.31. The second-order valence-corrected chi connectivity index (χ2v) is 3.28. The van der Waals surface area contributed by atoms with E-state index in [0.717, 1.165) is 0 Å². The molecule has 0 saturated carbocycles. The van der Waals surface area contributed by atoms with E-state index in [1.54, 1.807) is 0 Å². The Morgan fingerprint density at radius 3 is 2.41 bits per heavy atom. The second kappa shape index (κ2) is 5.83. The highest BCUT2D eigenvalue weighted by Crippen LogP contribution is 2.12. The lowest BCUT2D eigenvalue weighted by molar-refractivity contribution is -0.126. The summed E-state index contributed by atoms with van der Waals surface area (Å²) in [6, 6.07) is 4.64. The van der Waals surface area contributed by atoms with Gasteiger partial charge in [0.1, 0.15) is 11.6 Å². The number of imide groups is 1. The highest BCUT2D eigenvalue weighted by Gasteiger charge is 2.16. The van der Waals surface area contributed by atoms with Gasteiger partial charge in [0.2, 0.25) is 0 Å². The highest BCUT2D eigenvalue weighted by molar-refractivity contribution is 5.96. The van der Waals surface area contributed by atoms with Crippen molar-refractivity contribution >= 4 is 11.9 Å². The van der Waals surface area contributed by atoms with E-state index in [2.05, 4.69) is 10.6 Å². The molecule has 0 heterocycles. The minimum Gasteiger partial charge on any atom is -0.481 e. The molecule has 0 radical (unpaired) electrons. The van der Waals surface area contributed by atoms with Crippen LogP contribution in [0.5, 0.6) is 5.75 Å². The molecule has 0 spiro atoms. The fraction of sp³-hybridized carbons (Fsp3) is 0.273. The Bertz CT molecular complexity index is 406. The molecule has 0 saturated heterocycles. The molecular weight excluding hydrogens is 227 g/mol. The predicted octanol–water partition coefficient (Wildman–Crippen LogP) is 1.05. The molecule has 1 rings (SSSR count).